The van der Waals surface area contributed by atoms with E-state index in [2.05, 4.69) is 15.1 Å². The summed E-state index contributed by atoms with van der Waals surface area (Å²) in [7, 11) is -3.91. The van der Waals surface area contributed by atoms with Gasteiger partial charge in [0.2, 0.25) is 0 Å². The number of halogens is 2. The number of nitrogens with zero attached hydrogens (tertiary/aromatic N) is 2. The Labute approximate surface area is 201 Å². The van der Waals surface area contributed by atoms with Crippen LogP contribution >= 0.6 is 0 Å². The maximum atomic E-state index is 13.2. The maximum absolute atomic E-state index is 13.2. The molecular weight excluding hydrogens is 474 g/mol. The predicted molar refractivity (Wildman–Crippen MR) is 128 cm³/mol. The van der Waals surface area contributed by atoms with Gasteiger partial charge in [0.05, 0.1) is 22.8 Å². The molecule has 1 amide bonds. The number of carbonyl (C=O) groups excluding carboxylic acids is 1. The minimum Gasteiger partial charge on any atom is -0.345 e. The summed E-state index contributed by atoms with van der Waals surface area (Å²) < 4.78 is 55.4. The highest BCUT2D eigenvalue weighted by Gasteiger charge is 2.19. The molecule has 0 saturated carbocycles. The fourth-order valence-corrected chi connectivity index (χ4v) is 4.62. The summed E-state index contributed by atoms with van der Waals surface area (Å²) in [4.78, 5) is 12.7. The van der Waals surface area contributed by atoms with Crippen molar-refractivity contribution >= 4 is 21.6 Å². The third-order valence-corrected chi connectivity index (χ3v) is 6.85. The first-order valence-electron chi connectivity index (χ1n) is 10.6. The second-order valence-corrected chi connectivity index (χ2v) is 9.59. The van der Waals surface area contributed by atoms with Gasteiger partial charge in [0.1, 0.15) is 11.6 Å². The van der Waals surface area contributed by atoms with Crippen molar-refractivity contribution in [2.45, 2.75) is 24.8 Å². The zero-order chi connectivity index (χ0) is 25.2. The van der Waals surface area contributed by atoms with E-state index in [1.165, 1.54) is 48.5 Å². The van der Waals surface area contributed by atoms with E-state index in [4.69, 9.17) is 0 Å². The van der Waals surface area contributed by atoms with Crippen LogP contribution in [0.15, 0.2) is 83.9 Å². The van der Waals surface area contributed by atoms with Crippen molar-refractivity contribution in [2.24, 2.45) is 0 Å². The quantitative estimate of drug-likeness (QED) is 0.386. The Morgan fingerprint density at radius 3 is 2.09 bits per heavy atom. The summed E-state index contributed by atoms with van der Waals surface area (Å²) in [5.74, 6) is -1.21. The highest BCUT2D eigenvalue weighted by Crippen LogP contribution is 2.22. The Hall–Kier alpha value is -4.05. The summed E-state index contributed by atoms with van der Waals surface area (Å²) in [5, 5.41) is 7.22. The van der Waals surface area contributed by atoms with Gasteiger partial charge in [-0.15, -0.1) is 0 Å². The molecule has 1 heterocycles. The van der Waals surface area contributed by atoms with Crippen LogP contribution in [-0.2, 0) is 10.0 Å². The van der Waals surface area contributed by atoms with E-state index in [1.807, 2.05) is 13.8 Å². The molecule has 0 aliphatic rings. The molecule has 4 aromatic rings. The molecule has 0 spiro atoms. The number of hydrogen-bond donors (Lipinski definition) is 2. The van der Waals surface area contributed by atoms with Crippen molar-refractivity contribution in [2.75, 3.05) is 4.72 Å². The molecule has 4 rings (SSSR count). The number of aromatic nitrogens is 2. The predicted octanol–water partition coefficient (Wildman–Crippen LogP) is 4.75. The van der Waals surface area contributed by atoms with Crippen LogP contribution in [0.25, 0.3) is 5.69 Å². The molecule has 7 nitrogen and oxygen atoms in total. The van der Waals surface area contributed by atoms with Crippen molar-refractivity contribution < 1.29 is 22.0 Å². The molecule has 180 valence electrons. The number of nitrogens with one attached hydrogen (secondary N) is 2. The molecule has 0 aliphatic carbocycles. The number of sulfonamides is 1. The molecule has 3 aromatic carbocycles. The second kappa shape index (κ2) is 9.67. The molecule has 35 heavy (non-hydrogen) atoms. The minimum absolute atomic E-state index is 0.0390. The van der Waals surface area contributed by atoms with Crippen LogP contribution in [0, 0.1) is 18.6 Å². The summed E-state index contributed by atoms with van der Waals surface area (Å²) in [6, 6.07) is 15.9. The van der Waals surface area contributed by atoms with E-state index >= 15 is 0 Å². The Morgan fingerprint density at radius 2 is 1.49 bits per heavy atom. The monoisotopic (exact) mass is 496 g/mol. The van der Waals surface area contributed by atoms with E-state index < -0.39 is 15.8 Å². The van der Waals surface area contributed by atoms with Crippen molar-refractivity contribution in [3.05, 3.63) is 107 Å². The van der Waals surface area contributed by atoms with Gasteiger partial charge in [-0.3, -0.25) is 9.52 Å². The largest absolute Gasteiger partial charge is 0.345 e. The SMILES string of the molecule is Cc1c(C(C)NC(=O)c2ccc(S(=O)(=O)Nc3ccc(F)cc3)cc2)cnn1-c1ccc(F)cc1. The fourth-order valence-electron chi connectivity index (χ4n) is 3.57. The van der Waals surface area contributed by atoms with Crippen LogP contribution < -0.4 is 10.0 Å². The summed E-state index contributed by atoms with van der Waals surface area (Å²) in [5.41, 5.74) is 2.77. The molecule has 0 radical (unpaired) electrons. The Morgan fingerprint density at radius 1 is 0.914 bits per heavy atom. The van der Waals surface area contributed by atoms with Gasteiger partial charge in [-0.25, -0.2) is 21.9 Å². The molecule has 0 aliphatic heterocycles. The van der Waals surface area contributed by atoms with Crippen LogP contribution in [0.2, 0.25) is 0 Å². The van der Waals surface area contributed by atoms with Gasteiger partial charge in [-0.2, -0.15) is 5.10 Å². The molecule has 2 N–H and O–H groups in total. The van der Waals surface area contributed by atoms with Crippen LogP contribution in [0.1, 0.15) is 34.6 Å². The van der Waals surface area contributed by atoms with Crippen molar-refractivity contribution in [1.82, 2.24) is 15.1 Å². The van der Waals surface area contributed by atoms with Gasteiger partial charge in [0.15, 0.2) is 0 Å². The Bertz CT molecular complexity index is 1450. The first kappa shape index (κ1) is 24.1. The normalized spacial score (nSPS) is 12.2. The standard InChI is InChI=1S/C25H22F2N4O3S/c1-16(24-15-28-31(17(24)2)22-11-7-20(27)8-12-22)29-25(32)18-3-13-23(14-4-18)35(33,34)30-21-9-5-19(26)6-10-21/h3-16,30H,1-2H3,(H,29,32). The lowest BCUT2D eigenvalue weighted by Gasteiger charge is -2.15. The number of benzene rings is 3. The lowest BCUT2D eigenvalue weighted by molar-refractivity contribution is 0.0939. The minimum atomic E-state index is -3.91. The fraction of sp³-hybridized carbons (Fsp3) is 0.120. The first-order chi connectivity index (χ1) is 16.6. The van der Waals surface area contributed by atoms with Crippen LogP contribution in [-0.4, -0.2) is 24.1 Å². The van der Waals surface area contributed by atoms with Crippen LogP contribution in [0.5, 0.6) is 0 Å². The zero-order valence-corrected chi connectivity index (χ0v) is 19.7. The van der Waals surface area contributed by atoms with Crippen molar-refractivity contribution in [3.63, 3.8) is 0 Å². The first-order valence-corrected chi connectivity index (χ1v) is 12.1. The topological polar surface area (TPSA) is 93.1 Å². The van der Waals surface area contributed by atoms with E-state index in [-0.39, 0.29) is 33.9 Å². The summed E-state index contributed by atoms with van der Waals surface area (Å²) in [6.45, 7) is 3.66. The number of anilines is 1. The molecule has 0 saturated heterocycles. The van der Waals surface area contributed by atoms with Crippen LogP contribution in [0.3, 0.4) is 0 Å². The van der Waals surface area contributed by atoms with E-state index in [9.17, 15) is 22.0 Å². The lowest BCUT2D eigenvalue weighted by Crippen LogP contribution is -2.27. The molecule has 1 unspecified atom stereocenters. The molecule has 1 aromatic heterocycles. The van der Waals surface area contributed by atoms with E-state index in [0.717, 1.165) is 23.4 Å². The maximum Gasteiger partial charge on any atom is 0.261 e. The summed E-state index contributed by atoms with van der Waals surface area (Å²) >= 11 is 0. The van der Waals surface area contributed by atoms with E-state index in [1.54, 1.807) is 23.0 Å². The zero-order valence-electron chi connectivity index (χ0n) is 18.9. The highest BCUT2D eigenvalue weighted by atomic mass is 32.2. The average Bonchev–Trinajstić information content (AvgIpc) is 3.22. The molecule has 10 heteroatoms. The third-order valence-electron chi connectivity index (χ3n) is 5.46. The number of amides is 1. The van der Waals surface area contributed by atoms with Crippen molar-refractivity contribution in [1.29, 1.82) is 0 Å². The molecule has 0 bridgehead atoms. The number of rotatable bonds is 7. The van der Waals surface area contributed by atoms with Gasteiger partial charge >= 0.3 is 0 Å². The second-order valence-electron chi connectivity index (χ2n) is 7.91. The Kier molecular flexibility index (Phi) is 6.65. The van der Waals surface area contributed by atoms with E-state index in [0.29, 0.717) is 5.69 Å². The molecule has 0 fully saturated rings. The van der Waals surface area contributed by atoms with Gasteiger partial charge in [0, 0.05) is 22.5 Å². The van der Waals surface area contributed by atoms with Gasteiger partial charge in [0.25, 0.3) is 15.9 Å². The highest BCUT2D eigenvalue weighted by molar-refractivity contribution is 7.92. The molecule has 1 atom stereocenters. The van der Waals surface area contributed by atoms with Gasteiger partial charge in [-0.05, 0) is 86.6 Å². The van der Waals surface area contributed by atoms with Crippen molar-refractivity contribution in [3.8, 4) is 5.69 Å². The Balaban J connectivity index is 1.45. The van der Waals surface area contributed by atoms with Crippen LogP contribution in [0.4, 0.5) is 14.5 Å². The van der Waals surface area contributed by atoms with Gasteiger partial charge in [-0.1, -0.05) is 0 Å². The third kappa shape index (κ3) is 5.38. The smallest absolute Gasteiger partial charge is 0.261 e. The molecular formula is C25H22F2N4O3S. The van der Waals surface area contributed by atoms with Gasteiger partial charge < -0.3 is 5.32 Å². The number of hydrogen-bond acceptors (Lipinski definition) is 4. The average molecular weight is 497 g/mol. The lowest BCUT2D eigenvalue weighted by atomic mass is 10.1. The number of carbonyl (C=O) groups is 1. The summed E-state index contributed by atoms with van der Waals surface area (Å²) in [6.07, 6.45) is 1.64.